The predicted octanol–water partition coefficient (Wildman–Crippen LogP) is 3.30. The first-order valence-corrected chi connectivity index (χ1v) is 7.16. The molecule has 1 atom stereocenters. The monoisotopic (exact) mass is 287 g/mol. The third-order valence-corrected chi connectivity index (χ3v) is 3.51. The number of hydrogen-bond acceptors (Lipinski definition) is 3. The molecule has 0 saturated heterocycles. The number of ether oxygens (including phenoxy) is 2. The van der Waals surface area contributed by atoms with E-state index in [0.29, 0.717) is 13.2 Å². The van der Waals surface area contributed by atoms with Gasteiger partial charge in [0.2, 0.25) is 0 Å². The number of halogens is 1. The molecule has 0 fully saturated rings. The van der Waals surface area contributed by atoms with Gasteiger partial charge in [-0.2, -0.15) is 0 Å². The molecule has 1 unspecified atom stereocenters. The Morgan fingerprint density at radius 3 is 2.38 bits per heavy atom. The Morgan fingerprint density at radius 1 is 1.00 bits per heavy atom. The minimum Gasteiger partial charge on any atom is -0.486 e. The van der Waals surface area contributed by atoms with Crippen LogP contribution >= 0.6 is 0 Å². The Kier molecular flexibility index (Phi) is 4.06. The molecule has 3 nitrogen and oxygen atoms in total. The van der Waals surface area contributed by atoms with Crippen molar-refractivity contribution in [3.05, 3.63) is 59.4 Å². The standard InChI is InChI=1S/C17H18FNO2/c1-2-19-17(12-3-6-14(18)7-4-12)13-5-8-15-16(11-13)21-10-9-20-15/h3-8,11,17,19H,2,9-10H2,1H3. The van der Waals surface area contributed by atoms with Gasteiger partial charge in [-0.05, 0) is 41.9 Å². The van der Waals surface area contributed by atoms with Crippen LogP contribution < -0.4 is 14.8 Å². The number of rotatable bonds is 4. The largest absolute Gasteiger partial charge is 0.486 e. The fourth-order valence-electron chi connectivity index (χ4n) is 2.53. The van der Waals surface area contributed by atoms with Crippen molar-refractivity contribution in [2.24, 2.45) is 0 Å². The van der Waals surface area contributed by atoms with Crippen molar-refractivity contribution in [2.75, 3.05) is 19.8 Å². The molecular formula is C17H18FNO2. The molecule has 2 aromatic carbocycles. The first kappa shape index (κ1) is 13.9. The Hall–Kier alpha value is -2.07. The highest BCUT2D eigenvalue weighted by Crippen LogP contribution is 2.34. The van der Waals surface area contributed by atoms with Crippen LogP contribution in [0, 0.1) is 5.82 Å². The van der Waals surface area contributed by atoms with Crippen LogP contribution in [0.25, 0.3) is 0 Å². The normalized spacial score (nSPS) is 14.8. The van der Waals surface area contributed by atoms with Crippen LogP contribution in [0.2, 0.25) is 0 Å². The summed E-state index contributed by atoms with van der Waals surface area (Å²) < 4.78 is 24.3. The average Bonchev–Trinajstić information content (AvgIpc) is 2.53. The molecule has 110 valence electrons. The van der Waals surface area contributed by atoms with E-state index >= 15 is 0 Å². The van der Waals surface area contributed by atoms with Crippen LogP contribution in [-0.4, -0.2) is 19.8 Å². The van der Waals surface area contributed by atoms with Gasteiger partial charge in [-0.15, -0.1) is 0 Å². The van der Waals surface area contributed by atoms with Gasteiger partial charge in [0.25, 0.3) is 0 Å². The lowest BCUT2D eigenvalue weighted by molar-refractivity contribution is 0.171. The summed E-state index contributed by atoms with van der Waals surface area (Å²) in [4.78, 5) is 0. The van der Waals surface area contributed by atoms with Crippen LogP contribution in [-0.2, 0) is 0 Å². The SMILES string of the molecule is CCNC(c1ccc(F)cc1)c1ccc2c(c1)OCCO2. The van der Waals surface area contributed by atoms with E-state index < -0.39 is 0 Å². The molecule has 0 amide bonds. The Morgan fingerprint density at radius 2 is 1.67 bits per heavy atom. The van der Waals surface area contributed by atoms with Crippen molar-refractivity contribution in [2.45, 2.75) is 13.0 Å². The minimum absolute atomic E-state index is 0.00595. The molecule has 4 heteroatoms. The van der Waals surface area contributed by atoms with Crippen LogP contribution in [0.3, 0.4) is 0 Å². The molecular weight excluding hydrogens is 269 g/mol. The van der Waals surface area contributed by atoms with Crippen LogP contribution in [0.15, 0.2) is 42.5 Å². The summed E-state index contributed by atoms with van der Waals surface area (Å²) in [5, 5.41) is 3.42. The van der Waals surface area contributed by atoms with Gasteiger partial charge in [0.15, 0.2) is 11.5 Å². The zero-order chi connectivity index (χ0) is 14.7. The molecule has 0 bridgehead atoms. The molecule has 1 aliphatic heterocycles. The second kappa shape index (κ2) is 6.14. The molecule has 3 rings (SSSR count). The van der Waals surface area contributed by atoms with E-state index in [2.05, 4.69) is 12.2 Å². The molecule has 0 saturated carbocycles. The number of fused-ring (bicyclic) bond motifs is 1. The van der Waals surface area contributed by atoms with Gasteiger partial charge in [0, 0.05) is 0 Å². The second-order valence-electron chi connectivity index (χ2n) is 4.95. The van der Waals surface area contributed by atoms with Crippen molar-refractivity contribution in [3.8, 4) is 11.5 Å². The van der Waals surface area contributed by atoms with Crippen molar-refractivity contribution in [1.29, 1.82) is 0 Å². The Bertz CT molecular complexity index is 613. The summed E-state index contributed by atoms with van der Waals surface area (Å²) in [6.45, 7) is 4.02. The number of benzene rings is 2. The van der Waals surface area contributed by atoms with Gasteiger partial charge >= 0.3 is 0 Å². The molecule has 0 aliphatic carbocycles. The van der Waals surface area contributed by atoms with E-state index in [0.717, 1.165) is 29.2 Å². The summed E-state index contributed by atoms with van der Waals surface area (Å²) in [5.41, 5.74) is 2.10. The molecule has 0 spiro atoms. The third-order valence-electron chi connectivity index (χ3n) is 3.51. The number of nitrogens with one attached hydrogen (secondary N) is 1. The van der Waals surface area contributed by atoms with Crippen molar-refractivity contribution in [3.63, 3.8) is 0 Å². The maximum atomic E-state index is 13.1. The Balaban J connectivity index is 1.95. The fraction of sp³-hybridized carbons (Fsp3) is 0.294. The van der Waals surface area contributed by atoms with Gasteiger partial charge in [-0.3, -0.25) is 0 Å². The maximum absolute atomic E-state index is 13.1. The molecule has 1 N–H and O–H groups in total. The molecule has 0 aromatic heterocycles. The number of hydrogen-bond donors (Lipinski definition) is 1. The summed E-state index contributed by atoms with van der Waals surface area (Å²) >= 11 is 0. The first-order valence-electron chi connectivity index (χ1n) is 7.16. The lowest BCUT2D eigenvalue weighted by Gasteiger charge is -2.23. The van der Waals surface area contributed by atoms with Crippen LogP contribution in [0.5, 0.6) is 11.5 Å². The highest BCUT2D eigenvalue weighted by atomic mass is 19.1. The predicted molar refractivity (Wildman–Crippen MR) is 79.4 cm³/mol. The molecule has 2 aromatic rings. The molecule has 0 radical (unpaired) electrons. The summed E-state index contributed by atoms with van der Waals surface area (Å²) in [6.07, 6.45) is 0. The van der Waals surface area contributed by atoms with E-state index in [9.17, 15) is 4.39 Å². The van der Waals surface area contributed by atoms with Gasteiger partial charge in [-0.1, -0.05) is 25.1 Å². The van der Waals surface area contributed by atoms with E-state index in [-0.39, 0.29) is 11.9 Å². The van der Waals surface area contributed by atoms with Crippen LogP contribution in [0.4, 0.5) is 4.39 Å². The maximum Gasteiger partial charge on any atom is 0.161 e. The van der Waals surface area contributed by atoms with Gasteiger partial charge in [0.1, 0.15) is 19.0 Å². The van der Waals surface area contributed by atoms with Crippen molar-refractivity contribution < 1.29 is 13.9 Å². The Labute approximate surface area is 123 Å². The summed E-state index contributed by atoms with van der Waals surface area (Å²) in [6, 6.07) is 12.5. The lowest BCUT2D eigenvalue weighted by atomic mass is 9.98. The van der Waals surface area contributed by atoms with Crippen molar-refractivity contribution in [1.82, 2.24) is 5.32 Å². The van der Waals surface area contributed by atoms with E-state index in [1.165, 1.54) is 12.1 Å². The third kappa shape index (κ3) is 3.00. The summed E-state index contributed by atoms with van der Waals surface area (Å²) in [5.74, 6) is 1.32. The van der Waals surface area contributed by atoms with Crippen LogP contribution in [0.1, 0.15) is 24.1 Å². The summed E-state index contributed by atoms with van der Waals surface area (Å²) in [7, 11) is 0. The molecule has 1 aliphatic rings. The van der Waals surface area contributed by atoms with E-state index in [1.807, 2.05) is 18.2 Å². The smallest absolute Gasteiger partial charge is 0.161 e. The lowest BCUT2D eigenvalue weighted by Crippen LogP contribution is -2.22. The van der Waals surface area contributed by atoms with Gasteiger partial charge in [0.05, 0.1) is 6.04 Å². The zero-order valence-electron chi connectivity index (χ0n) is 11.9. The van der Waals surface area contributed by atoms with E-state index in [1.54, 1.807) is 12.1 Å². The van der Waals surface area contributed by atoms with Crippen molar-refractivity contribution >= 4 is 0 Å². The fourth-order valence-corrected chi connectivity index (χ4v) is 2.53. The first-order chi connectivity index (χ1) is 10.3. The zero-order valence-corrected chi connectivity index (χ0v) is 11.9. The highest BCUT2D eigenvalue weighted by Gasteiger charge is 2.17. The van der Waals surface area contributed by atoms with Gasteiger partial charge < -0.3 is 14.8 Å². The molecule has 1 heterocycles. The van der Waals surface area contributed by atoms with Gasteiger partial charge in [-0.25, -0.2) is 4.39 Å². The average molecular weight is 287 g/mol. The second-order valence-corrected chi connectivity index (χ2v) is 4.95. The minimum atomic E-state index is -0.226. The highest BCUT2D eigenvalue weighted by molar-refractivity contribution is 5.46. The molecule has 21 heavy (non-hydrogen) atoms. The topological polar surface area (TPSA) is 30.5 Å². The quantitative estimate of drug-likeness (QED) is 0.936. The van der Waals surface area contributed by atoms with E-state index in [4.69, 9.17) is 9.47 Å².